The maximum Gasteiger partial charge on any atom is 0.226 e. The predicted molar refractivity (Wildman–Crippen MR) is 131 cm³/mol. The Morgan fingerprint density at radius 1 is 1.09 bits per heavy atom. The summed E-state index contributed by atoms with van der Waals surface area (Å²) < 4.78 is 14.5. The standard InChI is InChI=1S/C27H40FN3O3/c1-18-16-30(11-12-31(18)27(34)21-5-3-4-6-21)17-22-14-23(28)15-25(19(22)2)29-26(33)13-20-7-9-24(32)10-8-20/h14-15,18,20-21,24,32H,3-13,16-17H2,1-2H3,(H,29,33)/t18-,20-,24+/m0/s1. The molecular weight excluding hydrogens is 433 g/mol. The highest BCUT2D eigenvalue weighted by atomic mass is 19.1. The molecule has 4 rings (SSSR count). The number of nitrogens with one attached hydrogen (secondary N) is 1. The van der Waals surface area contributed by atoms with Crippen molar-refractivity contribution in [2.24, 2.45) is 11.8 Å². The molecule has 2 amide bonds. The molecule has 0 radical (unpaired) electrons. The summed E-state index contributed by atoms with van der Waals surface area (Å²) in [4.78, 5) is 29.8. The molecule has 0 unspecified atom stereocenters. The van der Waals surface area contributed by atoms with Gasteiger partial charge in [-0.05, 0) is 81.5 Å². The van der Waals surface area contributed by atoms with Crippen LogP contribution in [-0.2, 0) is 16.1 Å². The number of hydrogen-bond acceptors (Lipinski definition) is 4. The zero-order chi connectivity index (χ0) is 24.2. The number of carbonyl (C=O) groups is 2. The molecule has 3 aliphatic rings. The van der Waals surface area contributed by atoms with E-state index in [0.717, 1.165) is 75.6 Å². The number of amides is 2. The fraction of sp³-hybridized carbons (Fsp3) is 0.704. The molecule has 0 spiro atoms. The average molecular weight is 474 g/mol. The summed E-state index contributed by atoms with van der Waals surface area (Å²) in [6, 6.07) is 3.11. The SMILES string of the molecule is Cc1c(CN2CCN(C(=O)C3CCCC3)[C@@H](C)C2)cc(F)cc1NC(=O)C[C@H]1CC[C@@H](O)CC1. The Balaban J connectivity index is 1.34. The third-order valence-electron chi connectivity index (χ3n) is 8.14. The lowest BCUT2D eigenvalue weighted by atomic mass is 9.85. The fourth-order valence-electron chi connectivity index (χ4n) is 5.99. The molecule has 1 aromatic rings. The summed E-state index contributed by atoms with van der Waals surface area (Å²) in [7, 11) is 0. The number of hydrogen-bond donors (Lipinski definition) is 2. The quantitative estimate of drug-likeness (QED) is 0.648. The number of aliphatic hydroxyl groups is 1. The number of carbonyl (C=O) groups excluding carboxylic acids is 2. The second-order valence-corrected chi connectivity index (χ2v) is 10.8. The second kappa shape index (κ2) is 11.2. The Kier molecular flexibility index (Phi) is 8.25. The zero-order valence-corrected chi connectivity index (χ0v) is 20.7. The zero-order valence-electron chi connectivity index (χ0n) is 20.7. The van der Waals surface area contributed by atoms with Crippen LogP contribution in [0.1, 0.15) is 75.8 Å². The molecule has 0 aromatic heterocycles. The van der Waals surface area contributed by atoms with Gasteiger partial charge in [-0.3, -0.25) is 14.5 Å². The predicted octanol–water partition coefficient (Wildman–Crippen LogP) is 4.24. The van der Waals surface area contributed by atoms with Crippen molar-refractivity contribution >= 4 is 17.5 Å². The van der Waals surface area contributed by atoms with E-state index < -0.39 is 0 Å². The third kappa shape index (κ3) is 6.16. The van der Waals surface area contributed by atoms with Gasteiger partial charge in [0.25, 0.3) is 0 Å². The van der Waals surface area contributed by atoms with Gasteiger partial charge in [0.05, 0.1) is 6.10 Å². The number of benzene rings is 1. The number of halogens is 1. The van der Waals surface area contributed by atoms with E-state index in [4.69, 9.17) is 0 Å². The summed E-state index contributed by atoms with van der Waals surface area (Å²) in [6.45, 7) is 6.89. The van der Waals surface area contributed by atoms with Gasteiger partial charge in [0.2, 0.25) is 11.8 Å². The highest BCUT2D eigenvalue weighted by Gasteiger charge is 2.33. The van der Waals surface area contributed by atoms with Crippen molar-refractivity contribution in [1.29, 1.82) is 0 Å². The van der Waals surface area contributed by atoms with Crippen LogP contribution in [0.2, 0.25) is 0 Å². The molecule has 1 aromatic carbocycles. The maximum atomic E-state index is 14.5. The van der Waals surface area contributed by atoms with E-state index in [9.17, 15) is 19.1 Å². The second-order valence-electron chi connectivity index (χ2n) is 10.8. The lowest BCUT2D eigenvalue weighted by Gasteiger charge is -2.41. The normalized spacial score (nSPS) is 26.6. The number of piperazine rings is 1. The highest BCUT2D eigenvalue weighted by Crippen LogP contribution is 2.30. The van der Waals surface area contributed by atoms with E-state index in [2.05, 4.69) is 17.1 Å². The van der Waals surface area contributed by atoms with Crippen LogP contribution in [0.25, 0.3) is 0 Å². The largest absolute Gasteiger partial charge is 0.393 e. The molecule has 2 aliphatic carbocycles. The molecule has 1 heterocycles. The topological polar surface area (TPSA) is 72.9 Å². The first-order chi connectivity index (χ1) is 16.3. The van der Waals surface area contributed by atoms with E-state index in [1.165, 1.54) is 6.07 Å². The van der Waals surface area contributed by atoms with Crippen molar-refractivity contribution < 1.29 is 19.1 Å². The van der Waals surface area contributed by atoms with E-state index >= 15 is 0 Å². The smallest absolute Gasteiger partial charge is 0.226 e. The molecule has 6 nitrogen and oxygen atoms in total. The molecule has 34 heavy (non-hydrogen) atoms. The lowest BCUT2D eigenvalue weighted by molar-refractivity contribution is -0.140. The van der Waals surface area contributed by atoms with Crippen LogP contribution in [0.4, 0.5) is 10.1 Å². The molecule has 2 saturated carbocycles. The molecule has 2 N–H and O–H groups in total. The monoisotopic (exact) mass is 473 g/mol. The van der Waals surface area contributed by atoms with E-state index in [-0.39, 0.29) is 35.7 Å². The summed E-state index contributed by atoms with van der Waals surface area (Å²) >= 11 is 0. The molecular formula is C27H40FN3O3. The minimum Gasteiger partial charge on any atom is -0.393 e. The number of nitrogens with zero attached hydrogens (tertiary/aromatic N) is 2. The molecule has 1 atom stereocenters. The van der Waals surface area contributed by atoms with E-state index in [1.807, 2.05) is 11.8 Å². The lowest BCUT2D eigenvalue weighted by Crippen LogP contribution is -2.54. The first kappa shape index (κ1) is 25.1. The summed E-state index contributed by atoms with van der Waals surface area (Å²) in [5, 5.41) is 12.6. The summed E-state index contributed by atoms with van der Waals surface area (Å²) in [5.74, 6) is 0.350. The Bertz CT molecular complexity index is 878. The Labute approximate surface area is 202 Å². The highest BCUT2D eigenvalue weighted by molar-refractivity contribution is 5.91. The van der Waals surface area contributed by atoms with Gasteiger partial charge in [0.15, 0.2) is 0 Å². The van der Waals surface area contributed by atoms with Crippen molar-refractivity contribution in [2.45, 2.75) is 90.3 Å². The van der Waals surface area contributed by atoms with Gasteiger partial charge in [-0.25, -0.2) is 4.39 Å². The van der Waals surface area contributed by atoms with Gasteiger partial charge < -0.3 is 15.3 Å². The molecule has 3 fully saturated rings. The van der Waals surface area contributed by atoms with Gasteiger partial charge in [-0.1, -0.05) is 12.8 Å². The van der Waals surface area contributed by atoms with Crippen molar-refractivity contribution in [3.05, 3.63) is 29.1 Å². The van der Waals surface area contributed by atoms with Gasteiger partial charge >= 0.3 is 0 Å². The van der Waals surface area contributed by atoms with Gasteiger partial charge in [0, 0.05) is 50.2 Å². The van der Waals surface area contributed by atoms with Gasteiger partial charge in [-0.2, -0.15) is 0 Å². The number of anilines is 1. The molecule has 188 valence electrons. The van der Waals surface area contributed by atoms with Crippen LogP contribution in [0, 0.1) is 24.6 Å². The summed E-state index contributed by atoms with van der Waals surface area (Å²) in [6.07, 6.45) is 7.74. The van der Waals surface area contributed by atoms with Crippen LogP contribution >= 0.6 is 0 Å². The van der Waals surface area contributed by atoms with Gasteiger partial charge in [0.1, 0.15) is 5.82 Å². The number of aliphatic hydroxyl groups excluding tert-OH is 1. The van der Waals surface area contributed by atoms with Crippen LogP contribution in [-0.4, -0.2) is 58.5 Å². The first-order valence-corrected chi connectivity index (χ1v) is 13.1. The van der Waals surface area contributed by atoms with Crippen LogP contribution < -0.4 is 5.32 Å². The average Bonchev–Trinajstić information content (AvgIpc) is 3.33. The Morgan fingerprint density at radius 3 is 2.47 bits per heavy atom. The van der Waals surface area contributed by atoms with E-state index in [1.54, 1.807) is 6.07 Å². The Hall–Kier alpha value is -1.99. The van der Waals surface area contributed by atoms with Crippen LogP contribution in [0.5, 0.6) is 0 Å². The molecule has 7 heteroatoms. The van der Waals surface area contributed by atoms with Crippen LogP contribution in [0.15, 0.2) is 12.1 Å². The van der Waals surface area contributed by atoms with Crippen LogP contribution in [0.3, 0.4) is 0 Å². The van der Waals surface area contributed by atoms with Crippen molar-refractivity contribution in [3.8, 4) is 0 Å². The molecule has 1 saturated heterocycles. The van der Waals surface area contributed by atoms with Crippen molar-refractivity contribution in [3.63, 3.8) is 0 Å². The molecule has 0 bridgehead atoms. The molecule has 1 aliphatic heterocycles. The van der Waals surface area contributed by atoms with E-state index in [0.29, 0.717) is 31.1 Å². The van der Waals surface area contributed by atoms with Crippen molar-refractivity contribution in [1.82, 2.24) is 9.80 Å². The minimum atomic E-state index is -0.347. The Morgan fingerprint density at radius 2 is 1.79 bits per heavy atom. The van der Waals surface area contributed by atoms with Crippen molar-refractivity contribution in [2.75, 3.05) is 25.0 Å². The first-order valence-electron chi connectivity index (χ1n) is 13.1. The minimum absolute atomic E-state index is 0.0892. The number of rotatable bonds is 6. The summed E-state index contributed by atoms with van der Waals surface area (Å²) in [5.41, 5.74) is 2.31. The third-order valence-corrected chi connectivity index (χ3v) is 8.14. The fourth-order valence-corrected chi connectivity index (χ4v) is 5.99. The maximum absolute atomic E-state index is 14.5. The van der Waals surface area contributed by atoms with Gasteiger partial charge in [-0.15, -0.1) is 0 Å².